The van der Waals surface area contributed by atoms with Gasteiger partial charge in [0.15, 0.2) is 0 Å². The van der Waals surface area contributed by atoms with Crippen molar-refractivity contribution in [3.63, 3.8) is 0 Å². The van der Waals surface area contributed by atoms with Crippen molar-refractivity contribution in [2.75, 3.05) is 0 Å². The number of nitrogens with one attached hydrogen (secondary N) is 1. The largest absolute Gasteiger partial charge is 0.361 e. The van der Waals surface area contributed by atoms with Gasteiger partial charge in [0.2, 0.25) is 11.6 Å². The lowest BCUT2D eigenvalue weighted by Gasteiger charge is -2.28. The number of terminal acetylenes is 1. The van der Waals surface area contributed by atoms with Crippen LogP contribution < -0.4 is 0 Å². The fourth-order valence-electron chi connectivity index (χ4n) is 4.41. The maximum absolute atomic E-state index is 13.4. The van der Waals surface area contributed by atoms with E-state index in [2.05, 4.69) is 69.7 Å². The van der Waals surface area contributed by atoms with Gasteiger partial charge in [-0.25, -0.2) is 0 Å². The number of carbonyl (C=O) groups is 1. The van der Waals surface area contributed by atoms with Gasteiger partial charge in [0.05, 0.1) is 0 Å². The Labute approximate surface area is 181 Å². The molecule has 154 valence electrons. The zero-order valence-corrected chi connectivity index (χ0v) is 17.3. The Kier molecular flexibility index (Phi) is 4.91. The Morgan fingerprint density at radius 3 is 2.68 bits per heavy atom. The molecule has 2 aromatic carbocycles. The van der Waals surface area contributed by atoms with Crippen molar-refractivity contribution in [3.05, 3.63) is 83.6 Å². The van der Waals surface area contributed by atoms with Crippen LogP contribution in [0.2, 0.25) is 0 Å². The average molecular weight is 409 g/mol. The van der Waals surface area contributed by atoms with E-state index in [1.54, 1.807) is 12.2 Å². The van der Waals surface area contributed by atoms with Gasteiger partial charge >= 0.3 is 0 Å². The van der Waals surface area contributed by atoms with Gasteiger partial charge in [-0.1, -0.05) is 30.3 Å². The lowest BCUT2D eigenvalue weighted by atomic mass is 10.1. The summed E-state index contributed by atoms with van der Waals surface area (Å²) in [6.45, 7) is 0.564. The summed E-state index contributed by atoms with van der Waals surface area (Å²) in [6, 6.07) is 17.0. The van der Waals surface area contributed by atoms with Gasteiger partial charge in [-0.05, 0) is 59.2 Å². The van der Waals surface area contributed by atoms with Gasteiger partial charge in [0, 0.05) is 43.2 Å². The van der Waals surface area contributed by atoms with Crippen molar-refractivity contribution in [1.29, 1.82) is 0 Å². The van der Waals surface area contributed by atoms with Gasteiger partial charge in [-0.3, -0.25) is 4.79 Å². The van der Waals surface area contributed by atoms with E-state index in [1.165, 1.54) is 11.1 Å². The molecule has 0 spiro atoms. The molecule has 5 rings (SSSR count). The molecule has 0 fully saturated rings. The van der Waals surface area contributed by atoms with Crippen LogP contribution in [0.4, 0.5) is 0 Å². The van der Waals surface area contributed by atoms with E-state index in [9.17, 15) is 4.79 Å². The number of nitrogens with zero attached hydrogens (tertiary/aromatic N) is 3. The molecule has 1 aromatic heterocycles. The topological polar surface area (TPSA) is 60.8 Å². The first-order valence-corrected chi connectivity index (χ1v) is 10.7. The maximum Gasteiger partial charge on any atom is 0.246 e. The molecule has 2 aliphatic rings. The summed E-state index contributed by atoms with van der Waals surface area (Å²) in [4.78, 5) is 18.6. The summed E-state index contributed by atoms with van der Waals surface area (Å²) in [6.07, 6.45) is 13.7. The van der Waals surface area contributed by atoms with Crippen molar-refractivity contribution >= 4 is 16.8 Å². The molecule has 0 atom stereocenters. The lowest BCUT2D eigenvalue weighted by molar-refractivity contribution is -0.128. The fourth-order valence-corrected chi connectivity index (χ4v) is 4.41. The molecule has 0 saturated carbocycles. The first-order chi connectivity index (χ1) is 15.2. The first-order valence-electron chi connectivity index (χ1n) is 10.7. The maximum atomic E-state index is 13.4. The minimum Gasteiger partial charge on any atom is -0.361 e. The molecule has 1 aliphatic heterocycles. The Morgan fingerprint density at radius 1 is 1.19 bits per heavy atom. The fraction of sp³-hybridized carbons (Fsp3) is 0.269. The number of aromatic nitrogens is 1. The number of rotatable bonds is 7. The Bertz CT molecular complexity index is 1200. The first kappa shape index (κ1) is 19.3. The molecule has 1 N–H and O–H groups in total. The van der Waals surface area contributed by atoms with Crippen LogP contribution in [-0.4, -0.2) is 27.5 Å². The second kappa shape index (κ2) is 7.88. The quantitative estimate of drug-likeness (QED) is 0.443. The Balaban J connectivity index is 1.38. The monoisotopic (exact) mass is 408 g/mol. The molecule has 31 heavy (non-hydrogen) atoms. The predicted octanol–water partition coefficient (Wildman–Crippen LogP) is 4.80. The van der Waals surface area contributed by atoms with Crippen molar-refractivity contribution in [2.45, 2.75) is 43.9 Å². The van der Waals surface area contributed by atoms with Crippen molar-refractivity contribution < 1.29 is 4.79 Å². The van der Waals surface area contributed by atoms with Crippen molar-refractivity contribution in [3.8, 4) is 12.3 Å². The zero-order chi connectivity index (χ0) is 21.3. The summed E-state index contributed by atoms with van der Waals surface area (Å²) < 4.78 is 0. The van der Waals surface area contributed by atoms with E-state index in [0.717, 1.165) is 29.3 Å². The van der Waals surface area contributed by atoms with Crippen LogP contribution in [0.1, 0.15) is 29.5 Å². The van der Waals surface area contributed by atoms with Gasteiger partial charge in [0.25, 0.3) is 0 Å². The average Bonchev–Trinajstić information content (AvgIpc) is 3.20. The number of hydrogen-bond donors (Lipinski definition) is 1. The van der Waals surface area contributed by atoms with Gasteiger partial charge in [0.1, 0.15) is 0 Å². The van der Waals surface area contributed by atoms with Crippen LogP contribution in [0.5, 0.6) is 0 Å². The van der Waals surface area contributed by atoms with Crippen molar-refractivity contribution in [2.24, 2.45) is 10.2 Å². The molecule has 5 heteroatoms. The minimum atomic E-state index is -0.601. The second-order valence-electron chi connectivity index (χ2n) is 8.31. The number of H-pyrrole nitrogens is 1. The van der Waals surface area contributed by atoms with E-state index in [1.807, 2.05) is 11.1 Å². The summed E-state index contributed by atoms with van der Waals surface area (Å²) in [5.74, 6) is 2.61. The Hall–Kier alpha value is -3.65. The summed E-state index contributed by atoms with van der Waals surface area (Å²) >= 11 is 0. The van der Waals surface area contributed by atoms with E-state index < -0.39 is 5.66 Å². The van der Waals surface area contributed by atoms with Crippen LogP contribution in [0.25, 0.3) is 10.9 Å². The van der Waals surface area contributed by atoms with Crippen LogP contribution in [0, 0.1) is 12.3 Å². The predicted molar refractivity (Wildman–Crippen MR) is 121 cm³/mol. The highest BCUT2D eigenvalue weighted by molar-refractivity contribution is 5.88. The molecule has 0 radical (unpaired) electrons. The third-order valence-corrected chi connectivity index (χ3v) is 6.21. The SMILES string of the molecule is C#CCCC1(C=CC(=O)N(Cc2ccc3[nH]ccc3c2)C2Cc3ccccc3C2)N=N1. The van der Waals surface area contributed by atoms with E-state index in [-0.39, 0.29) is 11.9 Å². The van der Waals surface area contributed by atoms with Crippen LogP contribution >= 0.6 is 0 Å². The molecule has 0 saturated heterocycles. The molecule has 1 amide bonds. The smallest absolute Gasteiger partial charge is 0.246 e. The third kappa shape index (κ3) is 4.02. The van der Waals surface area contributed by atoms with Crippen LogP contribution in [0.15, 0.2) is 77.1 Å². The summed E-state index contributed by atoms with van der Waals surface area (Å²) in [5.41, 5.74) is 4.27. The molecular weight excluding hydrogens is 384 g/mol. The van der Waals surface area contributed by atoms with Gasteiger partial charge in [-0.2, -0.15) is 10.2 Å². The van der Waals surface area contributed by atoms with E-state index in [0.29, 0.717) is 19.4 Å². The Morgan fingerprint density at radius 2 is 1.97 bits per heavy atom. The minimum absolute atomic E-state index is 0.00986. The van der Waals surface area contributed by atoms with Gasteiger partial charge in [-0.15, -0.1) is 12.3 Å². The van der Waals surface area contributed by atoms with E-state index >= 15 is 0 Å². The number of carbonyl (C=O) groups excluding carboxylic acids is 1. The number of amides is 1. The second-order valence-corrected chi connectivity index (χ2v) is 8.31. The molecule has 1 aliphatic carbocycles. The summed E-state index contributed by atoms with van der Waals surface area (Å²) in [5, 5.41) is 9.38. The highest BCUT2D eigenvalue weighted by atomic mass is 16.2. The highest BCUT2D eigenvalue weighted by Gasteiger charge is 2.37. The number of hydrogen-bond acceptors (Lipinski definition) is 3. The molecular formula is C26H24N4O. The highest BCUT2D eigenvalue weighted by Crippen LogP contribution is 2.35. The number of benzene rings is 2. The molecule has 2 heterocycles. The molecule has 0 bridgehead atoms. The molecule has 3 aromatic rings. The molecule has 5 nitrogen and oxygen atoms in total. The summed E-state index contributed by atoms with van der Waals surface area (Å²) in [7, 11) is 0. The standard InChI is InChI=1S/C26H24N4O/c1-2-3-12-26(28-29-26)13-10-25(31)30(23-16-20-6-4-5-7-21(20)17-23)18-19-8-9-24-22(15-19)11-14-27-24/h1,4-11,13-15,23,27H,3,12,16-18H2. The normalized spacial score (nSPS) is 16.5. The number of aromatic amines is 1. The van der Waals surface area contributed by atoms with Crippen molar-refractivity contribution in [1.82, 2.24) is 9.88 Å². The van der Waals surface area contributed by atoms with Crippen LogP contribution in [0.3, 0.4) is 0 Å². The van der Waals surface area contributed by atoms with Gasteiger partial charge < -0.3 is 9.88 Å². The number of fused-ring (bicyclic) bond motifs is 2. The molecule has 0 unspecified atom stereocenters. The lowest BCUT2D eigenvalue weighted by Crippen LogP contribution is -2.39. The van der Waals surface area contributed by atoms with E-state index in [4.69, 9.17) is 6.42 Å². The van der Waals surface area contributed by atoms with Crippen LogP contribution in [-0.2, 0) is 24.2 Å². The third-order valence-electron chi connectivity index (χ3n) is 6.21. The zero-order valence-electron chi connectivity index (χ0n) is 17.3.